The summed E-state index contributed by atoms with van der Waals surface area (Å²) in [6, 6.07) is 10.0. The van der Waals surface area contributed by atoms with Crippen LogP contribution in [0.2, 0.25) is 0 Å². The Kier molecular flexibility index (Phi) is 3.95. The molecule has 0 aliphatic carbocycles. The Morgan fingerprint density at radius 3 is 2.56 bits per heavy atom. The lowest BCUT2D eigenvalue weighted by Gasteiger charge is -2.09. The summed E-state index contributed by atoms with van der Waals surface area (Å²) < 4.78 is 5.70. The van der Waals surface area contributed by atoms with Crippen LogP contribution in [-0.4, -0.2) is 4.98 Å². The first kappa shape index (κ1) is 12.6. The van der Waals surface area contributed by atoms with Crippen LogP contribution in [0, 0.1) is 6.92 Å². The second kappa shape index (κ2) is 5.65. The van der Waals surface area contributed by atoms with E-state index in [1.165, 1.54) is 0 Å². The Morgan fingerprint density at radius 2 is 1.94 bits per heavy atom. The molecule has 2 N–H and O–H groups in total. The zero-order valence-corrected chi connectivity index (χ0v) is 10.8. The Balaban J connectivity index is 1.98. The summed E-state index contributed by atoms with van der Waals surface area (Å²) in [5.41, 5.74) is 9.12. The topological polar surface area (TPSA) is 48.1 Å². The molecule has 0 spiro atoms. The highest BCUT2D eigenvalue weighted by atomic mass is 16.5. The molecule has 0 aliphatic rings. The number of hydrogen-bond acceptors (Lipinski definition) is 3. The molecule has 0 saturated heterocycles. The van der Waals surface area contributed by atoms with Crippen LogP contribution in [0.25, 0.3) is 0 Å². The number of aryl methyl sites for hydroxylation is 1. The van der Waals surface area contributed by atoms with E-state index >= 15 is 0 Å². The number of ether oxygens (including phenoxy) is 1. The second-order valence-corrected chi connectivity index (χ2v) is 4.52. The maximum Gasteiger partial charge on any atom is 0.119 e. The minimum absolute atomic E-state index is 0.0556. The minimum Gasteiger partial charge on any atom is -0.489 e. The molecule has 0 aliphatic heterocycles. The van der Waals surface area contributed by atoms with E-state index in [2.05, 4.69) is 11.1 Å². The molecule has 0 amide bonds. The first-order valence-corrected chi connectivity index (χ1v) is 6.04. The zero-order valence-electron chi connectivity index (χ0n) is 10.8. The van der Waals surface area contributed by atoms with Crippen LogP contribution in [0.3, 0.4) is 0 Å². The van der Waals surface area contributed by atoms with Crippen LogP contribution in [0.15, 0.2) is 42.7 Å². The normalized spacial score (nSPS) is 12.2. The first-order chi connectivity index (χ1) is 8.65. The molecule has 3 nitrogen and oxygen atoms in total. The molecule has 2 aromatic rings. The molecule has 3 heteroatoms. The van der Waals surface area contributed by atoms with E-state index in [1.807, 2.05) is 50.5 Å². The summed E-state index contributed by atoms with van der Waals surface area (Å²) in [7, 11) is 0. The van der Waals surface area contributed by atoms with Gasteiger partial charge in [0.2, 0.25) is 0 Å². The summed E-state index contributed by atoms with van der Waals surface area (Å²) in [5.74, 6) is 0.848. The van der Waals surface area contributed by atoms with Crippen molar-refractivity contribution in [3.05, 3.63) is 59.4 Å². The van der Waals surface area contributed by atoms with Gasteiger partial charge in [-0.2, -0.15) is 0 Å². The van der Waals surface area contributed by atoms with Crippen LogP contribution >= 0.6 is 0 Å². The van der Waals surface area contributed by atoms with Crippen molar-refractivity contribution < 1.29 is 4.74 Å². The molecule has 0 bridgehead atoms. The monoisotopic (exact) mass is 242 g/mol. The highest BCUT2D eigenvalue weighted by molar-refractivity contribution is 5.29. The Hall–Kier alpha value is -1.87. The van der Waals surface area contributed by atoms with Gasteiger partial charge < -0.3 is 10.5 Å². The maximum atomic E-state index is 5.80. The highest BCUT2D eigenvalue weighted by Crippen LogP contribution is 2.17. The van der Waals surface area contributed by atoms with E-state index in [4.69, 9.17) is 10.5 Å². The maximum absolute atomic E-state index is 5.80. The molecule has 1 atom stereocenters. The van der Waals surface area contributed by atoms with Gasteiger partial charge in [-0.15, -0.1) is 0 Å². The van der Waals surface area contributed by atoms with Gasteiger partial charge in [0, 0.05) is 24.0 Å². The van der Waals surface area contributed by atoms with E-state index in [0.717, 1.165) is 22.4 Å². The molecule has 0 fully saturated rings. The van der Waals surface area contributed by atoms with Gasteiger partial charge in [0.1, 0.15) is 12.4 Å². The molecule has 1 aromatic heterocycles. The van der Waals surface area contributed by atoms with Gasteiger partial charge in [0.05, 0.1) is 0 Å². The summed E-state index contributed by atoms with van der Waals surface area (Å²) >= 11 is 0. The minimum atomic E-state index is 0.0556. The van der Waals surface area contributed by atoms with Crippen LogP contribution < -0.4 is 10.5 Å². The summed E-state index contributed by atoms with van der Waals surface area (Å²) in [5, 5.41) is 0. The van der Waals surface area contributed by atoms with E-state index in [1.54, 1.807) is 0 Å². The predicted molar refractivity (Wildman–Crippen MR) is 72.4 cm³/mol. The first-order valence-electron chi connectivity index (χ1n) is 6.04. The third kappa shape index (κ3) is 3.31. The average Bonchev–Trinajstić information content (AvgIpc) is 2.37. The number of hydrogen-bond donors (Lipinski definition) is 1. The summed E-state index contributed by atoms with van der Waals surface area (Å²) in [4.78, 5) is 4.14. The average molecular weight is 242 g/mol. The highest BCUT2D eigenvalue weighted by Gasteiger charge is 2.00. The molecule has 0 radical (unpaired) electrons. The van der Waals surface area contributed by atoms with E-state index in [9.17, 15) is 0 Å². The largest absolute Gasteiger partial charge is 0.489 e. The third-order valence-corrected chi connectivity index (χ3v) is 2.74. The molecule has 0 saturated carbocycles. The standard InChI is InChI=1S/C15H18N2O/c1-11-7-13(9-17-8-11)10-18-15-5-3-14(4-6-15)12(2)16/h3-9,12H,10,16H2,1-2H3/t12-/m0/s1. The van der Waals surface area contributed by atoms with Gasteiger partial charge in [0.15, 0.2) is 0 Å². The smallest absolute Gasteiger partial charge is 0.119 e. The molecule has 1 aromatic carbocycles. The number of rotatable bonds is 4. The fourth-order valence-corrected chi connectivity index (χ4v) is 1.73. The predicted octanol–water partition coefficient (Wildman–Crippen LogP) is 2.99. The fourth-order valence-electron chi connectivity index (χ4n) is 1.73. The van der Waals surface area contributed by atoms with Crippen LogP contribution in [0.4, 0.5) is 0 Å². The van der Waals surface area contributed by atoms with Gasteiger partial charge >= 0.3 is 0 Å². The van der Waals surface area contributed by atoms with Crippen molar-refractivity contribution in [1.82, 2.24) is 4.98 Å². The number of nitrogens with zero attached hydrogens (tertiary/aromatic N) is 1. The second-order valence-electron chi connectivity index (χ2n) is 4.52. The van der Waals surface area contributed by atoms with Crippen molar-refractivity contribution >= 4 is 0 Å². The lowest BCUT2D eigenvalue weighted by atomic mass is 10.1. The molecule has 0 unspecified atom stereocenters. The SMILES string of the molecule is Cc1cncc(COc2ccc([C@H](C)N)cc2)c1. The van der Waals surface area contributed by atoms with Crippen molar-refractivity contribution in [2.24, 2.45) is 5.73 Å². The number of aromatic nitrogens is 1. The number of benzene rings is 1. The third-order valence-electron chi connectivity index (χ3n) is 2.74. The molecule has 18 heavy (non-hydrogen) atoms. The van der Waals surface area contributed by atoms with E-state index in [0.29, 0.717) is 6.61 Å². The van der Waals surface area contributed by atoms with Crippen LogP contribution in [0.5, 0.6) is 5.75 Å². The van der Waals surface area contributed by atoms with Gasteiger partial charge in [0.25, 0.3) is 0 Å². The fraction of sp³-hybridized carbons (Fsp3) is 0.267. The number of nitrogens with two attached hydrogens (primary N) is 1. The number of pyridine rings is 1. The van der Waals surface area contributed by atoms with Crippen molar-refractivity contribution in [3.63, 3.8) is 0 Å². The van der Waals surface area contributed by atoms with Crippen molar-refractivity contribution in [2.75, 3.05) is 0 Å². The van der Waals surface area contributed by atoms with Crippen molar-refractivity contribution in [3.8, 4) is 5.75 Å². The van der Waals surface area contributed by atoms with Gasteiger partial charge in [-0.1, -0.05) is 12.1 Å². The van der Waals surface area contributed by atoms with Crippen molar-refractivity contribution in [1.29, 1.82) is 0 Å². The lowest BCUT2D eigenvalue weighted by molar-refractivity contribution is 0.305. The molecular weight excluding hydrogens is 224 g/mol. The Bertz CT molecular complexity index is 506. The van der Waals surface area contributed by atoms with Crippen molar-refractivity contribution in [2.45, 2.75) is 26.5 Å². The van der Waals surface area contributed by atoms with Crippen LogP contribution in [-0.2, 0) is 6.61 Å². The molecule has 94 valence electrons. The quantitative estimate of drug-likeness (QED) is 0.896. The Labute approximate surface area is 108 Å². The molecular formula is C15H18N2O. The van der Waals surface area contributed by atoms with Gasteiger partial charge in [-0.05, 0) is 43.2 Å². The Morgan fingerprint density at radius 1 is 1.22 bits per heavy atom. The molecule has 1 heterocycles. The molecule has 2 rings (SSSR count). The van der Waals surface area contributed by atoms with E-state index < -0.39 is 0 Å². The van der Waals surface area contributed by atoms with E-state index in [-0.39, 0.29) is 6.04 Å². The van der Waals surface area contributed by atoms with Crippen LogP contribution in [0.1, 0.15) is 29.7 Å². The van der Waals surface area contributed by atoms with Gasteiger partial charge in [-0.25, -0.2) is 0 Å². The zero-order chi connectivity index (χ0) is 13.0. The summed E-state index contributed by atoms with van der Waals surface area (Å²) in [6.07, 6.45) is 3.66. The lowest BCUT2D eigenvalue weighted by Crippen LogP contribution is -2.04. The van der Waals surface area contributed by atoms with Gasteiger partial charge in [-0.3, -0.25) is 4.98 Å². The summed E-state index contributed by atoms with van der Waals surface area (Å²) in [6.45, 7) is 4.52.